The average molecular weight is 283 g/mol. The van der Waals surface area contributed by atoms with E-state index in [4.69, 9.17) is 10.9 Å². The zero-order chi connectivity index (χ0) is 14.6. The van der Waals surface area contributed by atoms with Crippen LogP contribution in [0.5, 0.6) is 0 Å². The lowest BCUT2D eigenvalue weighted by molar-refractivity contribution is -0.144. The van der Waals surface area contributed by atoms with Gasteiger partial charge in [-0.15, -0.1) is 0 Å². The highest BCUT2D eigenvalue weighted by atomic mass is 16.4. The maximum Gasteiger partial charge on any atom is 0.236 e. The molecule has 1 aliphatic heterocycles. The predicted molar refractivity (Wildman–Crippen MR) is 75.4 cm³/mol. The molecule has 6 nitrogen and oxygen atoms in total. The number of likely N-dealkylation sites (tertiary alicyclic amines) is 1. The molecule has 1 saturated carbocycles. The fourth-order valence-electron chi connectivity index (χ4n) is 3.56. The van der Waals surface area contributed by atoms with Crippen LogP contribution in [0.3, 0.4) is 0 Å². The Hall–Kier alpha value is -1.30. The summed E-state index contributed by atoms with van der Waals surface area (Å²) in [7, 11) is 0. The first kappa shape index (κ1) is 15.1. The van der Waals surface area contributed by atoms with Gasteiger partial charge in [-0.3, -0.25) is 4.79 Å². The van der Waals surface area contributed by atoms with Gasteiger partial charge in [0.1, 0.15) is 5.41 Å². The van der Waals surface area contributed by atoms with E-state index in [2.05, 4.69) is 5.16 Å². The van der Waals surface area contributed by atoms with Crippen molar-refractivity contribution < 1.29 is 15.1 Å². The first-order chi connectivity index (χ1) is 9.65. The van der Waals surface area contributed by atoms with E-state index in [1.165, 1.54) is 0 Å². The predicted octanol–water partition coefficient (Wildman–Crippen LogP) is 1.06. The van der Waals surface area contributed by atoms with Gasteiger partial charge in [-0.05, 0) is 32.1 Å². The monoisotopic (exact) mass is 283 g/mol. The van der Waals surface area contributed by atoms with Crippen LogP contribution >= 0.6 is 0 Å². The number of aliphatic hydroxyl groups is 1. The van der Waals surface area contributed by atoms with Crippen molar-refractivity contribution in [1.29, 1.82) is 0 Å². The quantitative estimate of drug-likeness (QED) is 0.312. The molecule has 1 saturated heterocycles. The van der Waals surface area contributed by atoms with Crippen LogP contribution in [0.2, 0.25) is 0 Å². The summed E-state index contributed by atoms with van der Waals surface area (Å²) in [5, 5.41) is 21.7. The molecule has 1 atom stereocenters. The second-order valence-corrected chi connectivity index (χ2v) is 5.96. The van der Waals surface area contributed by atoms with Crippen LogP contribution in [0.4, 0.5) is 0 Å². The fourth-order valence-corrected chi connectivity index (χ4v) is 3.56. The molecular formula is C14H25N3O3. The Morgan fingerprint density at radius 2 is 1.95 bits per heavy atom. The third-order valence-corrected chi connectivity index (χ3v) is 4.81. The number of hydrogen-bond acceptors (Lipinski definition) is 4. The number of amides is 1. The Morgan fingerprint density at radius 1 is 1.25 bits per heavy atom. The van der Waals surface area contributed by atoms with Gasteiger partial charge in [-0.1, -0.05) is 24.4 Å². The van der Waals surface area contributed by atoms with Crippen molar-refractivity contribution in [2.75, 3.05) is 13.2 Å². The molecule has 1 unspecified atom stereocenters. The molecule has 0 aromatic rings. The maximum absolute atomic E-state index is 13.0. The molecule has 2 aliphatic rings. The van der Waals surface area contributed by atoms with E-state index in [9.17, 15) is 9.90 Å². The number of nitrogens with zero attached hydrogens (tertiary/aromatic N) is 2. The summed E-state index contributed by atoms with van der Waals surface area (Å²) < 4.78 is 0. The van der Waals surface area contributed by atoms with Gasteiger partial charge in [0.15, 0.2) is 5.84 Å². The topological polar surface area (TPSA) is 99.2 Å². The lowest BCUT2D eigenvalue weighted by Crippen LogP contribution is -2.57. The van der Waals surface area contributed by atoms with Gasteiger partial charge in [0.05, 0.1) is 12.6 Å². The van der Waals surface area contributed by atoms with E-state index in [1.807, 2.05) is 0 Å². The first-order valence-corrected chi connectivity index (χ1v) is 7.55. The van der Waals surface area contributed by atoms with Crippen molar-refractivity contribution in [3.8, 4) is 0 Å². The average Bonchev–Trinajstić information content (AvgIpc) is 2.53. The van der Waals surface area contributed by atoms with E-state index >= 15 is 0 Å². The molecule has 1 amide bonds. The summed E-state index contributed by atoms with van der Waals surface area (Å²) in [4.78, 5) is 14.7. The second kappa shape index (κ2) is 6.43. The van der Waals surface area contributed by atoms with E-state index in [0.29, 0.717) is 19.4 Å². The zero-order valence-electron chi connectivity index (χ0n) is 11.9. The van der Waals surface area contributed by atoms with Crippen molar-refractivity contribution in [3.63, 3.8) is 0 Å². The molecule has 0 spiro atoms. The number of amidine groups is 1. The Kier molecular flexibility index (Phi) is 4.86. The minimum Gasteiger partial charge on any atom is -0.409 e. The number of aliphatic hydroxyl groups excluding tert-OH is 1. The lowest BCUT2D eigenvalue weighted by atomic mass is 9.71. The molecule has 0 radical (unpaired) electrons. The highest BCUT2D eigenvalue weighted by Gasteiger charge is 2.47. The number of carbonyl (C=O) groups is 1. The molecule has 20 heavy (non-hydrogen) atoms. The number of hydrogen-bond donors (Lipinski definition) is 3. The maximum atomic E-state index is 13.0. The molecule has 1 heterocycles. The molecule has 0 bridgehead atoms. The smallest absolute Gasteiger partial charge is 0.236 e. The van der Waals surface area contributed by atoms with E-state index in [1.54, 1.807) is 4.90 Å². The molecular weight excluding hydrogens is 258 g/mol. The molecule has 6 heteroatoms. The van der Waals surface area contributed by atoms with Gasteiger partial charge in [0.2, 0.25) is 5.91 Å². The molecule has 2 fully saturated rings. The number of piperidine rings is 1. The van der Waals surface area contributed by atoms with Crippen LogP contribution in [0.1, 0.15) is 51.4 Å². The number of nitrogens with two attached hydrogens (primary N) is 1. The summed E-state index contributed by atoms with van der Waals surface area (Å²) in [5.41, 5.74) is 5.00. The summed E-state index contributed by atoms with van der Waals surface area (Å²) in [5.74, 6) is -0.0317. The van der Waals surface area contributed by atoms with Gasteiger partial charge >= 0.3 is 0 Å². The van der Waals surface area contributed by atoms with Gasteiger partial charge in [-0.2, -0.15) is 0 Å². The molecule has 0 aromatic carbocycles. The van der Waals surface area contributed by atoms with Gasteiger partial charge in [0.25, 0.3) is 0 Å². The minimum absolute atomic E-state index is 0.0159. The molecule has 114 valence electrons. The second-order valence-electron chi connectivity index (χ2n) is 5.96. The van der Waals surface area contributed by atoms with Gasteiger partial charge < -0.3 is 20.9 Å². The van der Waals surface area contributed by atoms with Gasteiger partial charge in [-0.25, -0.2) is 0 Å². The largest absolute Gasteiger partial charge is 0.409 e. The third kappa shape index (κ3) is 2.61. The highest BCUT2D eigenvalue weighted by Crippen LogP contribution is 2.39. The number of rotatable bonds is 3. The van der Waals surface area contributed by atoms with Crippen molar-refractivity contribution >= 4 is 11.7 Å². The molecule has 4 N–H and O–H groups in total. The zero-order valence-corrected chi connectivity index (χ0v) is 11.9. The summed E-state index contributed by atoms with van der Waals surface area (Å²) in [6.45, 7) is 0.641. The Bertz CT molecular complexity index is 378. The van der Waals surface area contributed by atoms with Crippen LogP contribution in [-0.4, -0.2) is 46.1 Å². The van der Waals surface area contributed by atoms with Gasteiger partial charge in [0, 0.05) is 6.54 Å². The van der Waals surface area contributed by atoms with E-state index in [0.717, 1.165) is 38.5 Å². The number of oxime groups is 1. The minimum atomic E-state index is -0.863. The Labute approximate surface area is 119 Å². The van der Waals surface area contributed by atoms with Crippen LogP contribution in [0.25, 0.3) is 0 Å². The summed E-state index contributed by atoms with van der Waals surface area (Å²) in [6, 6.07) is -0.124. The first-order valence-electron chi connectivity index (χ1n) is 7.55. The lowest BCUT2D eigenvalue weighted by Gasteiger charge is -2.43. The highest BCUT2D eigenvalue weighted by molar-refractivity contribution is 6.07. The van der Waals surface area contributed by atoms with Crippen molar-refractivity contribution in [1.82, 2.24) is 4.90 Å². The molecule has 1 aliphatic carbocycles. The third-order valence-electron chi connectivity index (χ3n) is 4.81. The van der Waals surface area contributed by atoms with Crippen LogP contribution in [-0.2, 0) is 4.79 Å². The normalized spacial score (nSPS) is 27.4. The van der Waals surface area contributed by atoms with E-state index in [-0.39, 0.29) is 24.4 Å². The van der Waals surface area contributed by atoms with E-state index < -0.39 is 5.41 Å². The molecule has 2 rings (SSSR count). The van der Waals surface area contributed by atoms with Crippen LogP contribution in [0.15, 0.2) is 5.16 Å². The molecule has 0 aromatic heterocycles. The van der Waals surface area contributed by atoms with Crippen molar-refractivity contribution in [2.45, 2.75) is 57.4 Å². The number of carbonyl (C=O) groups excluding carboxylic acids is 1. The SMILES string of the molecule is NC(=NO)C1(C(=O)N2CCCCC2CO)CCCCC1. The van der Waals surface area contributed by atoms with Crippen molar-refractivity contribution in [2.24, 2.45) is 16.3 Å². The van der Waals surface area contributed by atoms with Crippen LogP contribution < -0.4 is 5.73 Å². The van der Waals surface area contributed by atoms with Crippen molar-refractivity contribution in [3.05, 3.63) is 0 Å². The Balaban J connectivity index is 2.26. The summed E-state index contributed by atoms with van der Waals surface area (Å²) in [6.07, 6.45) is 7.00. The Morgan fingerprint density at radius 3 is 2.55 bits per heavy atom. The van der Waals surface area contributed by atoms with Crippen LogP contribution in [0, 0.1) is 5.41 Å². The fraction of sp³-hybridized carbons (Fsp3) is 0.857. The summed E-state index contributed by atoms with van der Waals surface area (Å²) >= 11 is 0. The standard InChI is InChI=1S/C14H25N3O3/c15-12(16-20)14(7-3-1-4-8-14)13(19)17-9-5-2-6-11(17)10-18/h11,18,20H,1-10H2,(H2,15,16).